The maximum Gasteiger partial charge on any atom is 0.338 e. The normalized spacial score (nSPS) is 11.2. The zero-order valence-electron chi connectivity index (χ0n) is 17.2. The molecular weight excluding hydrogens is 390 g/mol. The van der Waals surface area contributed by atoms with Gasteiger partial charge < -0.3 is 24.3 Å². The van der Waals surface area contributed by atoms with Crippen LogP contribution < -0.4 is 14.8 Å². The van der Waals surface area contributed by atoms with Crippen LogP contribution in [0.3, 0.4) is 0 Å². The van der Waals surface area contributed by atoms with Gasteiger partial charge in [0.2, 0.25) is 0 Å². The molecule has 2 aromatic rings. The molecule has 0 spiro atoms. The van der Waals surface area contributed by atoms with E-state index in [1.807, 2.05) is 37.3 Å². The van der Waals surface area contributed by atoms with Gasteiger partial charge in [-0.15, -0.1) is 0 Å². The van der Waals surface area contributed by atoms with Crippen LogP contribution in [0.5, 0.6) is 11.5 Å². The summed E-state index contributed by atoms with van der Waals surface area (Å²) < 4.78 is 20.4. The van der Waals surface area contributed by atoms with Gasteiger partial charge in [0, 0.05) is 6.42 Å². The van der Waals surface area contributed by atoms with Gasteiger partial charge in [-0.1, -0.05) is 30.3 Å². The van der Waals surface area contributed by atoms with E-state index in [4.69, 9.17) is 18.9 Å². The number of amides is 1. The van der Waals surface area contributed by atoms with Crippen LogP contribution in [0.15, 0.2) is 48.5 Å². The van der Waals surface area contributed by atoms with Crippen LogP contribution in [0.25, 0.3) is 0 Å². The first-order chi connectivity index (χ1) is 14.5. The van der Waals surface area contributed by atoms with E-state index in [-0.39, 0.29) is 12.0 Å². The molecule has 1 N–H and O–H groups in total. The van der Waals surface area contributed by atoms with E-state index in [1.165, 1.54) is 26.4 Å². The fraction of sp³-hybridized carbons (Fsp3) is 0.318. The lowest BCUT2D eigenvalue weighted by atomic mass is 10.1. The van der Waals surface area contributed by atoms with Crippen molar-refractivity contribution in [3.05, 3.63) is 59.7 Å². The molecule has 0 radical (unpaired) electrons. The average molecular weight is 415 g/mol. The third-order valence-corrected chi connectivity index (χ3v) is 4.14. The Morgan fingerprint density at radius 1 is 1.00 bits per heavy atom. The summed E-state index contributed by atoms with van der Waals surface area (Å²) in [5, 5.41) is 2.54. The van der Waals surface area contributed by atoms with Gasteiger partial charge in [0.1, 0.15) is 6.04 Å². The topological polar surface area (TPSA) is 100 Å². The molecule has 0 heterocycles. The first kappa shape index (κ1) is 22.7. The van der Waals surface area contributed by atoms with Crippen molar-refractivity contribution in [2.24, 2.45) is 0 Å². The maximum absolute atomic E-state index is 12.3. The summed E-state index contributed by atoms with van der Waals surface area (Å²) in [7, 11) is 2.70. The number of ether oxygens (including phenoxy) is 4. The van der Waals surface area contributed by atoms with Crippen molar-refractivity contribution in [2.45, 2.75) is 19.4 Å². The predicted octanol–water partition coefficient (Wildman–Crippen LogP) is 2.15. The number of nitrogens with one attached hydrogen (secondary N) is 1. The van der Waals surface area contributed by atoms with E-state index in [2.05, 4.69) is 5.32 Å². The van der Waals surface area contributed by atoms with E-state index in [0.29, 0.717) is 18.1 Å². The van der Waals surface area contributed by atoms with E-state index in [9.17, 15) is 14.4 Å². The molecule has 8 nitrogen and oxygen atoms in total. The van der Waals surface area contributed by atoms with Crippen LogP contribution in [-0.4, -0.2) is 51.3 Å². The Morgan fingerprint density at radius 2 is 1.73 bits per heavy atom. The maximum atomic E-state index is 12.3. The van der Waals surface area contributed by atoms with Crippen LogP contribution in [0, 0.1) is 0 Å². The minimum absolute atomic E-state index is 0.205. The van der Waals surface area contributed by atoms with Gasteiger partial charge in [-0.05, 0) is 30.7 Å². The van der Waals surface area contributed by atoms with Crippen molar-refractivity contribution in [1.29, 1.82) is 0 Å². The molecule has 0 aliphatic heterocycles. The molecule has 160 valence electrons. The number of esters is 2. The predicted molar refractivity (Wildman–Crippen MR) is 109 cm³/mol. The molecule has 8 heteroatoms. The van der Waals surface area contributed by atoms with E-state index in [0.717, 1.165) is 5.56 Å². The smallest absolute Gasteiger partial charge is 0.338 e. The number of carbonyl (C=O) groups excluding carboxylic acids is 3. The van der Waals surface area contributed by atoms with Crippen molar-refractivity contribution in [3.8, 4) is 11.5 Å². The largest absolute Gasteiger partial charge is 0.493 e. The summed E-state index contributed by atoms with van der Waals surface area (Å²) in [4.78, 5) is 36.5. The van der Waals surface area contributed by atoms with Crippen molar-refractivity contribution < 1.29 is 33.3 Å². The van der Waals surface area contributed by atoms with Crippen molar-refractivity contribution in [1.82, 2.24) is 5.32 Å². The quantitative estimate of drug-likeness (QED) is 0.594. The summed E-state index contributed by atoms with van der Waals surface area (Å²) in [6, 6.07) is 12.9. The second-order valence-corrected chi connectivity index (χ2v) is 6.21. The second-order valence-electron chi connectivity index (χ2n) is 6.21. The molecule has 0 aliphatic carbocycles. The van der Waals surface area contributed by atoms with Crippen molar-refractivity contribution in [2.75, 3.05) is 27.4 Å². The first-order valence-corrected chi connectivity index (χ1v) is 9.37. The molecule has 2 aromatic carbocycles. The van der Waals surface area contributed by atoms with Gasteiger partial charge in [0.25, 0.3) is 5.91 Å². The van der Waals surface area contributed by atoms with Crippen LogP contribution in [0.2, 0.25) is 0 Å². The summed E-state index contributed by atoms with van der Waals surface area (Å²) in [5.74, 6) is -1.04. The number of rotatable bonds is 10. The van der Waals surface area contributed by atoms with Crippen molar-refractivity contribution >= 4 is 17.8 Å². The lowest BCUT2D eigenvalue weighted by Crippen LogP contribution is -2.44. The summed E-state index contributed by atoms with van der Waals surface area (Å²) in [6.07, 6.45) is 0.253. The molecule has 0 bridgehead atoms. The van der Waals surface area contributed by atoms with Crippen LogP contribution >= 0.6 is 0 Å². The molecule has 0 saturated heterocycles. The summed E-state index contributed by atoms with van der Waals surface area (Å²) in [5.41, 5.74) is 1.06. The number of hydrogen-bond acceptors (Lipinski definition) is 7. The molecule has 0 fully saturated rings. The van der Waals surface area contributed by atoms with Gasteiger partial charge in [-0.3, -0.25) is 4.79 Å². The van der Waals surface area contributed by atoms with Gasteiger partial charge in [-0.2, -0.15) is 0 Å². The average Bonchev–Trinajstić information content (AvgIpc) is 2.77. The third kappa shape index (κ3) is 6.51. The summed E-state index contributed by atoms with van der Waals surface area (Å²) in [6.45, 7) is 1.74. The minimum atomic E-state index is -0.894. The SMILES string of the molecule is CCOc1ccc(C(=O)OCC(=O)N[C@H](Cc2ccccc2)C(=O)OC)cc1OC. The van der Waals surface area contributed by atoms with Gasteiger partial charge >= 0.3 is 11.9 Å². The third-order valence-electron chi connectivity index (χ3n) is 4.14. The minimum Gasteiger partial charge on any atom is -0.493 e. The van der Waals surface area contributed by atoms with Crippen LogP contribution in [-0.2, 0) is 25.5 Å². The van der Waals surface area contributed by atoms with Crippen LogP contribution in [0.4, 0.5) is 0 Å². The fourth-order valence-corrected chi connectivity index (χ4v) is 2.71. The lowest BCUT2D eigenvalue weighted by molar-refractivity contribution is -0.145. The second kappa shape index (κ2) is 11.5. The Labute approximate surface area is 175 Å². The zero-order chi connectivity index (χ0) is 21.9. The standard InChI is InChI=1S/C22H25NO7/c1-4-29-18-11-10-16(13-19(18)27-2)21(25)30-14-20(24)23-17(22(26)28-3)12-15-8-6-5-7-9-15/h5-11,13,17H,4,12,14H2,1-3H3,(H,23,24)/t17-/m1/s1. The van der Waals surface area contributed by atoms with E-state index < -0.39 is 30.5 Å². The molecule has 30 heavy (non-hydrogen) atoms. The highest BCUT2D eigenvalue weighted by Crippen LogP contribution is 2.28. The van der Waals surface area contributed by atoms with E-state index in [1.54, 1.807) is 6.07 Å². The molecule has 1 amide bonds. The highest BCUT2D eigenvalue weighted by Gasteiger charge is 2.23. The lowest BCUT2D eigenvalue weighted by Gasteiger charge is -2.16. The molecule has 2 rings (SSSR count). The molecule has 0 unspecified atom stereocenters. The molecule has 1 atom stereocenters. The Balaban J connectivity index is 1.96. The van der Waals surface area contributed by atoms with Gasteiger partial charge in [0.05, 0.1) is 26.4 Å². The molecule has 0 aliphatic rings. The van der Waals surface area contributed by atoms with Crippen molar-refractivity contribution in [3.63, 3.8) is 0 Å². The van der Waals surface area contributed by atoms with Gasteiger partial charge in [-0.25, -0.2) is 9.59 Å². The fourth-order valence-electron chi connectivity index (χ4n) is 2.71. The first-order valence-electron chi connectivity index (χ1n) is 9.37. The number of methoxy groups -OCH3 is 2. The molecular formula is C22H25NO7. The Morgan fingerprint density at radius 3 is 2.37 bits per heavy atom. The molecule has 0 saturated carbocycles. The summed E-state index contributed by atoms with van der Waals surface area (Å²) >= 11 is 0. The highest BCUT2D eigenvalue weighted by atomic mass is 16.5. The van der Waals surface area contributed by atoms with Crippen LogP contribution in [0.1, 0.15) is 22.8 Å². The Bertz CT molecular complexity index is 867. The number of hydrogen-bond donors (Lipinski definition) is 1. The number of carbonyl (C=O) groups is 3. The zero-order valence-corrected chi connectivity index (χ0v) is 17.2. The Kier molecular flexibility index (Phi) is 8.68. The highest BCUT2D eigenvalue weighted by molar-refractivity contribution is 5.92. The van der Waals surface area contributed by atoms with Gasteiger partial charge in [0.15, 0.2) is 18.1 Å². The monoisotopic (exact) mass is 415 g/mol. The van der Waals surface area contributed by atoms with E-state index >= 15 is 0 Å². The number of benzene rings is 2. The Hall–Kier alpha value is -3.55. The molecule has 0 aromatic heterocycles.